The van der Waals surface area contributed by atoms with Crippen LogP contribution in [0.4, 0.5) is 11.4 Å². The first-order chi connectivity index (χ1) is 13.5. The normalized spacial score (nSPS) is 16.4. The van der Waals surface area contributed by atoms with Crippen molar-refractivity contribution in [3.05, 3.63) is 60.7 Å². The van der Waals surface area contributed by atoms with E-state index in [1.54, 1.807) is 36.4 Å². The lowest BCUT2D eigenvalue weighted by molar-refractivity contribution is -0.100. The third-order valence-electron chi connectivity index (χ3n) is 3.81. The molecule has 9 heteroatoms. The Morgan fingerprint density at radius 2 is 1.36 bits per heavy atom. The summed E-state index contributed by atoms with van der Waals surface area (Å²) in [6.45, 7) is -0.774. The molecule has 2 rings (SSSR count). The van der Waals surface area contributed by atoms with Crippen LogP contribution in [0.1, 0.15) is 0 Å². The van der Waals surface area contributed by atoms with Crippen LogP contribution in [0.5, 0.6) is 0 Å². The topological polar surface area (TPSA) is 150 Å². The van der Waals surface area contributed by atoms with Gasteiger partial charge in [-0.15, -0.1) is 0 Å². The van der Waals surface area contributed by atoms with Crippen LogP contribution in [0, 0.1) is 0 Å². The molecule has 0 saturated carbocycles. The summed E-state index contributed by atoms with van der Waals surface area (Å²) in [4.78, 5) is 0. The minimum absolute atomic E-state index is 0.107. The summed E-state index contributed by atoms with van der Waals surface area (Å²) in [5.74, 6) is 0. The van der Waals surface area contributed by atoms with Crippen LogP contribution in [0.2, 0.25) is 0 Å². The van der Waals surface area contributed by atoms with Crippen molar-refractivity contribution < 1.29 is 25.5 Å². The van der Waals surface area contributed by atoms with Gasteiger partial charge in [-0.25, -0.2) is 0 Å². The molecule has 0 fully saturated rings. The van der Waals surface area contributed by atoms with Gasteiger partial charge < -0.3 is 25.5 Å². The molecule has 0 amide bonds. The van der Waals surface area contributed by atoms with E-state index in [4.69, 9.17) is 5.11 Å². The maximum atomic E-state index is 10.4. The number of hydrogen-bond acceptors (Lipinski definition) is 9. The fourth-order valence-corrected chi connectivity index (χ4v) is 2.20. The predicted octanol–water partition coefficient (Wildman–Crippen LogP) is -0.0117. The second kappa shape index (κ2) is 11.1. The third-order valence-corrected chi connectivity index (χ3v) is 3.81. The highest BCUT2D eigenvalue weighted by Gasteiger charge is 2.32. The lowest BCUT2D eigenvalue weighted by Crippen LogP contribution is -2.49. The monoisotopic (exact) mass is 388 g/mol. The van der Waals surface area contributed by atoms with Crippen LogP contribution in [-0.2, 0) is 0 Å². The molecule has 150 valence electrons. The molecule has 0 aliphatic heterocycles. The van der Waals surface area contributed by atoms with Crippen molar-refractivity contribution in [1.82, 2.24) is 0 Å². The van der Waals surface area contributed by atoms with Crippen LogP contribution in [0.3, 0.4) is 0 Å². The quantitative estimate of drug-likeness (QED) is 0.223. The minimum atomic E-state index is -1.80. The van der Waals surface area contributed by atoms with Crippen LogP contribution < -0.4 is 10.9 Å². The molecule has 2 aromatic carbocycles. The van der Waals surface area contributed by atoms with Crippen LogP contribution >= 0.6 is 0 Å². The number of hydrogen-bond donors (Lipinski definition) is 7. The third kappa shape index (κ3) is 6.41. The molecule has 9 nitrogen and oxygen atoms in total. The predicted molar refractivity (Wildman–Crippen MR) is 107 cm³/mol. The zero-order valence-corrected chi connectivity index (χ0v) is 15.0. The lowest BCUT2D eigenvalue weighted by atomic mass is 10.0. The standard InChI is InChI=1S/C19H24N4O5/c24-12-16(25)18(27)19(28)17(26)15(23-22-14-9-5-2-6-10-14)11-20-21-13-7-3-1-4-8-13/h1-11,16-19,21-22,24-28H,12H2/b20-11+,23-15-/t16-,17+,18-,19+/m1/s1. The zero-order valence-electron chi connectivity index (χ0n) is 15.0. The molecule has 0 radical (unpaired) electrons. The fourth-order valence-electron chi connectivity index (χ4n) is 2.20. The SMILES string of the molecule is OC[C@@H](O)[C@@H](O)[C@@H](O)[C@@H](O)C(/C=N/Nc1ccccc1)=N\Nc1ccccc1. The smallest absolute Gasteiger partial charge is 0.128 e. The van der Waals surface area contributed by atoms with Gasteiger partial charge in [0.05, 0.1) is 24.2 Å². The van der Waals surface area contributed by atoms with Crippen LogP contribution in [0.15, 0.2) is 70.9 Å². The highest BCUT2D eigenvalue weighted by atomic mass is 16.4. The van der Waals surface area contributed by atoms with Gasteiger partial charge in [-0.2, -0.15) is 10.2 Å². The average Bonchev–Trinajstić information content (AvgIpc) is 2.75. The molecular weight excluding hydrogens is 364 g/mol. The number of nitrogens with one attached hydrogen (secondary N) is 2. The molecule has 28 heavy (non-hydrogen) atoms. The summed E-state index contributed by atoms with van der Waals surface area (Å²) in [7, 11) is 0. The number of benzene rings is 2. The van der Waals surface area contributed by atoms with Gasteiger partial charge in [0.1, 0.15) is 30.1 Å². The maximum Gasteiger partial charge on any atom is 0.128 e. The van der Waals surface area contributed by atoms with E-state index in [2.05, 4.69) is 21.1 Å². The van der Waals surface area contributed by atoms with Crippen molar-refractivity contribution >= 4 is 23.3 Å². The first-order valence-corrected chi connectivity index (χ1v) is 8.59. The Morgan fingerprint density at radius 3 is 1.89 bits per heavy atom. The average molecular weight is 388 g/mol. The number of anilines is 2. The first kappa shape index (κ1) is 21.5. The van der Waals surface area contributed by atoms with E-state index < -0.39 is 31.0 Å². The van der Waals surface area contributed by atoms with Gasteiger partial charge in [0.15, 0.2) is 0 Å². The second-order valence-electron chi connectivity index (χ2n) is 5.93. The highest BCUT2D eigenvalue weighted by molar-refractivity contribution is 6.33. The summed E-state index contributed by atoms with van der Waals surface area (Å²) < 4.78 is 0. The van der Waals surface area contributed by atoms with Gasteiger partial charge in [-0.3, -0.25) is 10.9 Å². The molecule has 0 heterocycles. The summed E-state index contributed by atoms with van der Waals surface area (Å²) in [6, 6.07) is 17.9. The van der Waals surface area contributed by atoms with Crippen molar-refractivity contribution in [3.8, 4) is 0 Å². The molecule has 0 spiro atoms. The number of para-hydroxylation sites is 2. The molecule has 2 aromatic rings. The van der Waals surface area contributed by atoms with Crippen molar-refractivity contribution in [2.75, 3.05) is 17.5 Å². The first-order valence-electron chi connectivity index (χ1n) is 8.59. The maximum absolute atomic E-state index is 10.4. The molecule has 0 aliphatic rings. The van der Waals surface area contributed by atoms with E-state index >= 15 is 0 Å². The van der Waals surface area contributed by atoms with Crippen molar-refractivity contribution in [3.63, 3.8) is 0 Å². The molecule has 0 aliphatic carbocycles. The highest BCUT2D eigenvalue weighted by Crippen LogP contribution is 2.09. The van der Waals surface area contributed by atoms with Crippen molar-refractivity contribution in [1.29, 1.82) is 0 Å². The summed E-state index contributed by atoms with van der Waals surface area (Å²) in [5, 5.41) is 56.7. The second-order valence-corrected chi connectivity index (χ2v) is 5.93. The van der Waals surface area contributed by atoms with Crippen molar-refractivity contribution in [2.24, 2.45) is 10.2 Å². The largest absolute Gasteiger partial charge is 0.394 e. The van der Waals surface area contributed by atoms with Gasteiger partial charge in [0.25, 0.3) is 0 Å². The molecule has 4 atom stereocenters. The fraction of sp³-hybridized carbons (Fsp3) is 0.263. The summed E-state index contributed by atoms with van der Waals surface area (Å²) in [6.07, 6.45) is -5.71. The Morgan fingerprint density at radius 1 is 0.821 bits per heavy atom. The number of rotatable bonds is 10. The van der Waals surface area contributed by atoms with E-state index in [1.165, 1.54) is 6.21 Å². The Balaban J connectivity index is 2.16. The van der Waals surface area contributed by atoms with E-state index in [9.17, 15) is 20.4 Å². The van der Waals surface area contributed by atoms with Gasteiger partial charge in [0, 0.05) is 0 Å². The van der Waals surface area contributed by atoms with E-state index in [0.29, 0.717) is 11.4 Å². The summed E-state index contributed by atoms with van der Waals surface area (Å²) >= 11 is 0. The van der Waals surface area contributed by atoms with E-state index in [-0.39, 0.29) is 5.71 Å². The Labute approximate surface area is 162 Å². The van der Waals surface area contributed by atoms with Gasteiger partial charge in [0.2, 0.25) is 0 Å². The lowest BCUT2D eigenvalue weighted by Gasteiger charge is -2.25. The van der Waals surface area contributed by atoms with E-state index in [0.717, 1.165) is 0 Å². The molecule has 7 N–H and O–H groups in total. The van der Waals surface area contributed by atoms with Gasteiger partial charge in [-0.1, -0.05) is 36.4 Å². The number of nitrogens with zero attached hydrogens (tertiary/aromatic N) is 2. The Hall–Kier alpha value is -2.82. The van der Waals surface area contributed by atoms with Gasteiger partial charge >= 0.3 is 0 Å². The molecule has 0 saturated heterocycles. The molecule has 0 bridgehead atoms. The Kier molecular flexibility index (Phi) is 8.53. The van der Waals surface area contributed by atoms with Gasteiger partial charge in [-0.05, 0) is 24.3 Å². The summed E-state index contributed by atoms with van der Waals surface area (Å²) in [5.41, 5.74) is 6.68. The van der Waals surface area contributed by atoms with E-state index in [1.807, 2.05) is 24.3 Å². The number of aliphatic hydroxyl groups is 5. The van der Waals surface area contributed by atoms with Crippen LogP contribution in [0.25, 0.3) is 0 Å². The minimum Gasteiger partial charge on any atom is -0.394 e. The number of aliphatic hydroxyl groups excluding tert-OH is 5. The molecular formula is C19H24N4O5. The zero-order chi connectivity index (χ0) is 20.4. The van der Waals surface area contributed by atoms with Crippen LogP contribution in [-0.4, -0.2) is 68.5 Å². The Bertz CT molecular complexity index is 757. The number of hydrazone groups is 2. The molecule has 0 aromatic heterocycles. The molecule has 0 unspecified atom stereocenters. The van der Waals surface area contributed by atoms with Crippen molar-refractivity contribution in [2.45, 2.75) is 24.4 Å².